The second-order valence-corrected chi connectivity index (χ2v) is 5.05. The molecule has 1 saturated carbocycles. The Balaban J connectivity index is 1.75. The summed E-state index contributed by atoms with van der Waals surface area (Å²) >= 11 is 0. The summed E-state index contributed by atoms with van der Waals surface area (Å²) in [7, 11) is 0. The van der Waals surface area contributed by atoms with Crippen molar-refractivity contribution in [3.8, 4) is 0 Å². The second-order valence-electron chi connectivity index (χ2n) is 5.05. The Bertz CT molecular complexity index is 210. The van der Waals surface area contributed by atoms with Crippen molar-refractivity contribution >= 4 is 5.78 Å². The Labute approximate surface area is 86.7 Å². The number of hydrogen-bond donors (Lipinski definition) is 0. The maximum Gasteiger partial charge on any atom is 0.146 e. The van der Waals surface area contributed by atoms with Gasteiger partial charge in [-0.25, -0.2) is 0 Å². The third-order valence-electron chi connectivity index (χ3n) is 3.83. The van der Waals surface area contributed by atoms with E-state index in [0.717, 1.165) is 44.3 Å². The second kappa shape index (κ2) is 4.43. The number of carbonyl (C=O) groups excluding carboxylic acids is 1. The fourth-order valence-corrected chi connectivity index (χ4v) is 2.63. The van der Waals surface area contributed by atoms with Gasteiger partial charge in [0.2, 0.25) is 0 Å². The molecule has 1 aliphatic heterocycles. The van der Waals surface area contributed by atoms with Crippen molar-refractivity contribution in [1.82, 2.24) is 4.90 Å². The smallest absolute Gasteiger partial charge is 0.146 e. The summed E-state index contributed by atoms with van der Waals surface area (Å²) in [4.78, 5) is 13.6. The number of Topliss-reactive ketones (excluding diaryl/α,β-unsaturated/α-hetero) is 1. The van der Waals surface area contributed by atoms with Gasteiger partial charge < -0.3 is 0 Å². The zero-order valence-corrected chi connectivity index (χ0v) is 9.17. The summed E-state index contributed by atoms with van der Waals surface area (Å²) in [5.41, 5.74) is 0. The summed E-state index contributed by atoms with van der Waals surface area (Å²) in [5, 5.41) is 0. The molecule has 2 nitrogen and oxygen atoms in total. The molecule has 0 aromatic heterocycles. The molecule has 0 bridgehead atoms. The van der Waals surface area contributed by atoms with Crippen molar-refractivity contribution < 1.29 is 4.79 Å². The Hall–Kier alpha value is -0.370. The van der Waals surface area contributed by atoms with Gasteiger partial charge in [-0.3, -0.25) is 9.69 Å². The largest absolute Gasteiger partial charge is 0.298 e. The Kier molecular flexibility index (Phi) is 3.22. The average molecular weight is 195 g/mol. The molecule has 1 heterocycles. The predicted molar refractivity (Wildman–Crippen MR) is 57.2 cm³/mol. The summed E-state index contributed by atoms with van der Waals surface area (Å²) in [6.07, 6.45) is 6.16. The quantitative estimate of drug-likeness (QED) is 0.687. The number of piperidine rings is 1. The Morgan fingerprint density at radius 1 is 1.43 bits per heavy atom. The number of hydrogen-bond acceptors (Lipinski definition) is 2. The highest BCUT2D eigenvalue weighted by Crippen LogP contribution is 2.33. The number of ketones is 1. The predicted octanol–water partition coefficient (Wildman–Crippen LogP) is 2.09. The first-order chi connectivity index (χ1) is 6.75. The highest BCUT2D eigenvalue weighted by Gasteiger charge is 2.26. The van der Waals surface area contributed by atoms with E-state index < -0.39 is 0 Å². The molecule has 80 valence electrons. The van der Waals surface area contributed by atoms with Gasteiger partial charge in [-0.05, 0) is 24.8 Å². The van der Waals surface area contributed by atoms with Gasteiger partial charge in [0.1, 0.15) is 5.78 Å². The van der Waals surface area contributed by atoms with Crippen LogP contribution in [0.25, 0.3) is 0 Å². The lowest BCUT2D eigenvalue weighted by atomic mass is 9.76. The van der Waals surface area contributed by atoms with Crippen molar-refractivity contribution in [1.29, 1.82) is 0 Å². The first-order valence-electron chi connectivity index (χ1n) is 6.00. The summed E-state index contributed by atoms with van der Waals surface area (Å²) in [6.45, 7) is 5.36. The van der Waals surface area contributed by atoms with E-state index in [0.29, 0.717) is 5.78 Å². The molecule has 0 aromatic carbocycles. The van der Waals surface area contributed by atoms with Crippen LogP contribution in [0.1, 0.15) is 39.0 Å². The monoisotopic (exact) mass is 195 g/mol. The van der Waals surface area contributed by atoms with Crippen molar-refractivity contribution in [3.05, 3.63) is 0 Å². The Morgan fingerprint density at radius 2 is 2.21 bits per heavy atom. The fraction of sp³-hybridized carbons (Fsp3) is 0.917. The molecular formula is C12H21NO. The van der Waals surface area contributed by atoms with Crippen LogP contribution in [0, 0.1) is 11.8 Å². The lowest BCUT2D eigenvalue weighted by Crippen LogP contribution is -2.40. The summed E-state index contributed by atoms with van der Waals surface area (Å²) in [5.74, 6) is 2.19. The fourth-order valence-electron chi connectivity index (χ4n) is 2.63. The first-order valence-corrected chi connectivity index (χ1v) is 6.00. The molecule has 0 radical (unpaired) electrons. The van der Waals surface area contributed by atoms with Crippen molar-refractivity contribution in [3.63, 3.8) is 0 Å². The number of carbonyl (C=O) groups is 1. The van der Waals surface area contributed by atoms with Crippen LogP contribution >= 0.6 is 0 Å². The maximum absolute atomic E-state index is 11.3. The van der Waals surface area contributed by atoms with E-state index in [9.17, 15) is 4.79 Å². The standard InChI is InChI=1S/C12H21NO/c1-10(11-4-2-5-11)8-13-7-3-6-12(14)9-13/h10-11H,2-9H2,1H3. The van der Waals surface area contributed by atoms with Gasteiger partial charge in [-0.1, -0.05) is 26.2 Å². The minimum Gasteiger partial charge on any atom is -0.298 e. The van der Waals surface area contributed by atoms with Gasteiger partial charge in [-0.2, -0.15) is 0 Å². The maximum atomic E-state index is 11.3. The van der Waals surface area contributed by atoms with Gasteiger partial charge in [-0.15, -0.1) is 0 Å². The molecule has 2 rings (SSSR count). The molecular weight excluding hydrogens is 174 g/mol. The molecule has 2 fully saturated rings. The van der Waals surface area contributed by atoms with Crippen LogP contribution in [0.3, 0.4) is 0 Å². The van der Waals surface area contributed by atoms with Gasteiger partial charge in [0.25, 0.3) is 0 Å². The zero-order chi connectivity index (χ0) is 9.97. The first kappa shape index (κ1) is 10.2. The van der Waals surface area contributed by atoms with E-state index in [-0.39, 0.29) is 0 Å². The van der Waals surface area contributed by atoms with Crippen molar-refractivity contribution in [2.45, 2.75) is 39.0 Å². The lowest BCUT2D eigenvalue weighted by Gasteiger charge is -2.36. The summed E-state index contributed by atoms with van der Waals surface area (Å²) < 4.78 is 0. The van der Waals surface area contributed by atoms with Crippen LogP contribution in [-0.2, 0) is 4.79 Å². The van der Waals surface area contributed by atoms with Crippen LogP contribution in [0.2, 0.25) is 0 Å². The van der Waals surface area contributed by atoms with E-state index in [4.69, 9.17) is 0 Å². The van der Waals surface area contributed by atoms with E-state index in [1.54, 1.807) is 0 Å². The van der Waals surface area contributed by atoms with Gasteiger partial charge >= 0.3 is 0 Å². The molecule has 0 N–H and O–H groups in total. The molecule has 2 aliphatic rings. The molecule has 0 spiro atoms. The Morgan fingerprint density at radius 3 is 2.79 bits per heavy atom. The molecule has 0 aromatic rings. The highest BCUT2D eigenvalue weighted by molar-refractivity contribution is 5.81. The third kappa shape index (κ3) is 2.35. The van der Waals surface area contributed by atoms with Crippen LogP contribution in [0.4, 0.5) is 0 Å². The molecule has 1 atom stereocenters. The topological polar surface area (TPSA) is 20.3 Å². The molecule has 1 unspecified atom stereocenters. The molecule has 2 heteroatoms. The third-order valence-corrected chi connectivity index (χ3v) is 3.83. The number of likely N-dealkylation sites (tertiary alicyclic amines) is 1. The van der Waals surface area contributed by atoms with E-state index >= 15 is 0 Å². The highest BCUT2D eigenvalue weighted by atomic mass is 16.1. The van der Waals surface area contributed by atoms with E-state index in [1.807, 2.05) is 0 Å². The van der Waals surface area contributed by atoms with Gasteiger partial charge in [0, 0.05) is 13.0 Å². The lowest BCUT2D eigenvalue weighted by molar-refractivity contribution is -0.122. The van der Waals surface area contributed by atoms with E-state index in [1.165, 1.54) is 19.3 Å². The van der Waals surface area contributed by atoms with E-state index in [2.05, 4.69) is 11.8 Å². The number of rotatable bonds is 3. The van der Waals surface area contributed by atoms with Gasteiger partial charge in [0.15, 0.2) is 0 Å². The number of nitrogens with zero attached hydrogens (tertiary/aromatic N) is 1. The van der Waals surface area contributed by atoms with Crippen LogP contribution in [-0.4, -0.2) is 30.3 Å². The average Bonchev–Trinajstić information content (AvgIpc) is 1.99. The van der Waals surface area contributed by atoms with Gasteiger partial charge in [0.05, 0.1) is 6.54 Å². The zero-order valence-electron chi connectivity index (χ0n) is 9.17. The molecule has 1 aliphatic carbocycles. The summed E-state index contributed by atoms with van der Waals surface area (Å²) in [6, 6.07) is 0. The minimum absolute atomic E-state index is 0.442. The SMILES string of the molecule is CC(CN1CCCC(=O)C1)C1CCC1. The normalized spacial score (nSPS) is 27.4. The van der Waals surface area contributed by atoms with Crippen molar-refractivity contribution in [2.75, 3.05) is 19.6 Å². The minimum atomic E-state index is 0.442. The van der Waals surface area contributed by atoms with Crippen LogP contribution < -0.4 is 0 Å². The van der Waals surface area contributed by atoms with Crippen LogP contribution in [0.5, 0.6) is 0 Å². The molecule has 0 amide bonds. The molecule has 1 saturated heterocycles. The van der Waals surface area contributed by atoms with Crippen molar-refractivity contribution in [2.24, 2.45) is 11.8 Å². The molecule has 14 heavy (non-hydrogen) atoms. The van der Waals surface area contributed by atoms with Crippen LogP contribution in [0.15, 0.2) is 0 Å².